The molecule has 15 heavy (non-hydrogen) atoms. The molecule has 0 saturated carbocycles. The van der Waals surface area contributed by atoms with E-state index in [9.17, 15) is 0 Å². The summed E-state index contributed by atoms with van der Waals surface area (Å²) in [7, 11) is 0. The van der Waals surface area contributed by atoms with Crippen molar-refractivity contribution in [1.82, 2.24) is 10.2 Å². The topological polar surface area (TPSA) is 41.8 Å². The molecule has 1 aromatic heterocycles. The van der Waals surface area contributed by atoms with Crippen molar-refractivity contribution < 1.29 is 4.42 Å². The molecule has 0 radical (unpaired) electrons. The predicted molar refractivity (Wildman–Crippen MR) is 60.2 cm³/mol. The summed E-state index contributed by atoms with van der Waals surface area (Å²) in [5.41, 5.74) is 1.34. The van der Waals surface area contributed by atoms with Gasteiger partial charge in [0.15, 0.2) is 0 Å². The SMILES string of the molecule is S=c1[nH]nc(CCCc2ccccc2)o1. The second-order valence-corrected chi connectivity index (χ2v) is 3.72. The normalized spacial score (nSPS) is 10.4. The molecular formula is C11H12N2OS. The van der Waals surface area contributed by atoms with Gasteiger partial charge in [-0.2, -0.15) is 0 Å². The lowest BCUT2D eigenvalue weighted by molar-refractivity contribution is 0.474. The van der Waals surface area contributed by atoms with Crippen molar-refractivity contribution in [3.8, 4) is 0 Å². The zero-order valence-electron chi connectivity index (χ0n) is 8.27. The van der Waals surface area contributed by atoms with E-state index in [1.165, 1.54) is 5.56 Å². The fourth-order valence-electron chi connectivity index (χ4n) is 1.46. The Morgan fingerprint density at radius 3 is 2.67 bits per heavy atom. The zero-order valence-corrected chi connectivity index (χ0v) is 9.09. The largest absolute Gasteiger partial charge is 0.414 e. The molecule has 0 fully saturated rings. The lowest BCUT2D eigenvalue weighted by atomic mass is 10.1. The Balaban J connectivity index is 1.83. The van der Waals surface area contributed by atoms with Gasteiger partial charge in [0.2, 0.25) is 5.89 Å². The van der Waals surface area contributed by atoms with Crippen LogP contribution in [0.2, 0.25) is 0 Å². The first kappa shape index (κ1) is 10.1. The first-order chi connectivity index (χ1) is 7.34. The second kappa shape index (κ2) is 4.89. The molecular weight excluding hydrogens is 208 g/mol. The molecule has 0 amide bonds. The molecule has 1 heterocycles. The first-order valence-corrected chi connectivity index (χ1v) is 5.34. The summed E-state index contributed by atoms with van der Waals surface area (Å²) in [5, 5.41) is 6.57. The molecule has 0 aliphatic carbocycles. The zero-order chi connectivity index (χ0) is 10.5. The molecule has 1 aromatic carbocycles. The lowest BCUT2D eigenvalue weighted by Gasteiger charge is -1.97. The quantitative estimate of drug-likeness (QED) is 0.805. The summed E-state index contributed by atoms with van der Waals surface area (Å²) in [6, 6.07) is 10.4. The highest BCUT2D eigenvalue weighted by Crippen LogP contribution is 2.06. The Morgan fingerprint density at radius 2 is 2.00 bits per heavy atom. The number of hydrogen-bond acceptors (Lipinski definition) is 3. The highest BCUT2D eigenvalue weighted by atomic mass is 32.1. The van der Waals surface area contributed by atoms with E-state index in [2.05, 4.69) is 34.5 Å². The third-order valence-corrected chi connectivity index (χ3v) is 2.36. The van der Waals surface area contributed by atoms with Crippen LogP contribution in [-0.4, -0.2) is 10.2 Å². The van der Waals surface area contributed by atoms with E-state index in [4.69, 9.17) is 16.6 Å². The summed E-state index contributed by atoms with van der Waals surface area (Å²) in [6.45, 7) is 0. The number of rotatable bonds is 4. The maximum Gasteiger partial charge on any atom is 0.284 e. The molecule has 0 bridgehead atoms. The first-order valence-electron chi connectivity index (χ1n) is 4.93. The molecule has 0 unspecified atom stereocenters. The van der Waals surface area contributed by atoms with Crippen LogP contribution in [-0.2, 0) is 12.8 Å². The fourth-order valence-corrected chi connectivity index (χ4v) is 1.60. The molecule has 78 valence electrons. The van der Waals surface area contributed by atoms with Gasteiger partial charge in [-0.1, -0.05) is 30.3 Å². The number of nitrogens with zero attached hydrogens (tertiary/aromatic N) is 1. The van der Waals surface area contributed by atoms with Gasteiger partial charge in [-0.05, 0) is 30.6 Å². The van der Waals surface area contributed by atoms with Gasteiger partial charge in [-0.25, -0.2) is 5.10 Å². The Labute approximate surface area is 93.1 Å². The van der Waals surface area contributed by atoms with E-state index < -0.39 is 0 Å². The van der Waals surface area contributed by atoms with Gasteiger partial charge in [0.1, 0.15) is 0 Å². The van der Waals surface area contributed by atoms with Gasteiger partial charge < -0.3 is 4.42 Å². The average molecular weight is 220 g/mol. The second-order valence-electron chi connectivity index (χ2n) is 3.35. The van der Waals surface area contributed by atoms with Crippen molar-refractivity contribution in [3.05, 3.63) is 46.6 Å². The van der Waals surface area contributed by atoms with Crippen LogP contribution in [0.25, 0.3) is 0 Å². The molecule has 3 nitrogen and oxygen atoms in total. The Bertz CT molecular complexity index is 461. The highest BCUT2D eigenvalue weighted by molar-refractivity contribution is 7.71. The van der Waals surface area contributed by atoms with Gasteiger partial charge in [0.25, 0.3) is 4.84 Å². The number of aryl methyl sites for hydroxylation is 2. The molecule has 0 aliphatic rings. The van der Waals surface area contributed by atoms with Crippen LogP contribution < -0.4 is 0 Å². The molecule has 4 heteroatoms. The average Bonchev–Trinajstić information content (AvgIpc) is 2.66. The number of nitrogens with one attached hydrogen (secondary N) is 1. The highest BCUT2D eigenvalue weighted by Gasteiger charge is 1.99. The molecule has 0 aliphatic heterocycles. The Hall–Kier alpha value is -1.42. The molecule has 0 spiro atoms. The maximum absolute atomic E-state index is 5.17. The van der Waals surface area contributed by atoms with Crippen molar-refractivity contribution in [1.29, 1.82) is 0 Å². The Morgan fingerprint density at radius 1 is 1.20 bits per heavy atom. The predicted octanol–water partition coefficient (Wildman–Crippen LogP) is 2.91. The van der Waals surface area contributed by atoms with Crippen molar-refractivity contribution in [2.75, 3.05) is 0 Å². The molecule has 1 N–H and O–H groups in total. The minimum atomic E-state index is 0.352. The Kier molecular flexibility index (Phi) is 3.29. The van der Waals surface area contributed by atoms with Crippen LogP contribution in [0.4, 0.5) is 0 Å². The van der Waals surface area contributed by atoms with Crippen LogP contribution in [0.5, 0.6) is 0 Å². The number of benzene rings is 1. The maximum atomic E-state index is 5.17. The third-order valence-electron chi connectivity index (χ3n) is 2.18. The van der Waals surface area contributed by atoms with Gasteiger partial charge in [0.05, 0.1) is 0 Å². The van der Waals surface area contributed by atoms with Gasteiger partial charge in [0, 0.05) is 6.42 Å². The molecule has 2 aromatic rings. The van der Waals surface area contributed by atoms with Crippen molar-refractivity contribution in [3.63, 3.8) is 0 Å². The fraction of sp³-hybridized carbons (Fsp3) is 0.273. The van der Waals surface area contributed by atoms with E-state index in [1.807, 2.05) is 6.07 Å². The van der Waals surface area contributed by atoms with E-state index in [-0.39, 0.29) is 0 Å². The van der Waals surface area contributed by atoms with Crippen molar-refractivity contribution in [2.45, 2.75) is 19.3 Å². The van der Waals surface area contributed by atoms with Crippen LogP contribution in [0, 0.1) is 4.84 Å². The number of aromatic nitrogens is 2. The number of H-pyrrole nitrogens is 1. The van der Waals surface area contributed by atoms with Gasteiger partial charge in [-0.3, -0.25) is 0 Å². The minimum absolute atomic E-state index is 0.352. The van der Waals surface area contributed by atoms with Crippen LogP contribution in [0.15, 0.2) is 34.7 Å². The van der Waals surface area contributed by atoms with Gasteiger partial charge >= 0.3 is 0 Å². The summed E-state index contributed by atoms with van der Waals surface area (Å²) < 4.78 is 5.17. The van der Waals surface area contributed by atoms with Crippen LogP contribution in [0.1, 0.15) is 17.9 Å². The number of aromatic amines is 1. The monoisotopic (exact) mass is 220 g/mol. The lowest BCUT2D eigenvalue weighted by Crippen LogP contribution is -1.90. The smallest absolute Gasteiger partial charge is 0.284 e. The van der Waals surface area contributed by atoms with E-state index in [0.29, 0.717) is 10.7 Å². The third kappa shape index (κ3) is 3.02. The summed E-state index contributed by atoms with van der Waals surface area (Å²) in [4.78, 5) is 0.352. The van der Waals surface area contributed by atoms with E-state index in [1.54, 1.807) is 0 Å². The van der Waals surface area contributed by atoms with Crippen molar-refractivity contribution >= 4 is 12.2 Å². The summed E-state index contributed by atoms with van der Waals surface area (Å²) >= 11 is 4.79. The standard InChI is InChI=1S/C11H12N2OS/c15-11-13-12-10(14-11)8-4-7-9-5-2-1-3-6-9/h1-3,5-6H,4,7-8H2,(H,13,15). The minimum Gasteiger partial charge on any atom is -0.414 e. The molecule has 0 atom stereocenters. The van der Waals surface area contributed by atoms with E-state index in [0.717, 1.165) is 19.3 Å². The molecule has 0 saturated heterocycles. The van der Waals surface area contributed by atoms with Gasteiger partial charge in [-0.15, -0.1) is 5.10 Å². The van der Waals surface area contributed by atoms with Crippen LogP contribution in [0.3, 0.4) is 0 Å². The van der Waals surface area contributed by atoms with E-state index >= 15 is 0 Å². The summed E-state index contributed by atoms with van der Waals surface area (Å²) in [6.07, 6.45) is 2.88. The van der Waals surface area contributed by atoms with Crippen LogP contribution >= 0.6 is 12.2 Å². The van der Waals surface area contributed by atoms with Crippen molar-refractivity contribution in [2.24, 2.45) is 0 Å². The summed E-state index contributed by atoms with van der Waals surface area (Å²) in [5.74, 6) is 0.691. The number of hydrogen-bond donors (Lipinski definition) is 1. The molecule has 2 rings (SSSR count).